The van der Waals surface area contributed by atoms with Gasteiger partial charge in [-0.2, -0.15) is 9.98 Å². The molecule has 0 aromatic heterocycles. The van der Waals surface area contributed by atoms with Crippen molar-refractivity contribution < 1.29 is 9.59 Å². The van der Waals surface area contributed by atoms with Gasteiger partial charge in [0.1, 0.15) is 0 Å². The lowest BCUT2D eigenvalue weighted by Crippen LogP contribution is -1.83. The lowest BCUT2D eigenvalue weighted by Gasteiger charge is -2.07. The zero-order valence-electron chi connectivity index (χ0n) is 11.2. The van der Waals surface area contributed by atoms with Crippen molar-refractivity contribution in [3.8, 4) is 11.1 Å². The second-order valence-electron chi connectivity index (χ2n) is 4.41. The molecule has 2 aromatic carbocycles. The summed E-state index contributed by atoms with van der Waals surface area (Å²) in [6.07, 6.45) is 3.08. The molecule has 4 nitrogen and oxygen atoms in total. The Morgan fingerprint density at radius 3 is 1.45 bits per heavy atom. The number of rotatable bonds is 3. The largest absolute Gasteiger partial charge is 0.240 e. The summed E-state index contributed by atoms with van der Waals surface area (Å²) in [7, 11) is 0. The summed E-state index contributed by atoms with van der Waals surface area (Å²) in [5.74, 6) is 0. The van der Waals surface area contributed by atoms with Gasteiger partial charge in [0, 0.05) is 0 Å². The number of aryl methyl sites for hydroxylation is 2. The highest BCUT2D eigenvalue weighted by Gasteiger charge is 2.04. The predicted octanol–water partition coefficient (Wildman–Crippen LogP) is 3.91. The molecular weight excluding hydrogens is 252 g/mol. The fraction of sp³-hybridized carbons (Fsp3) is 0.125. The van der Waals surface area contributed by atoms with Crippen LogP contribution in [0.5, 0.6) is 0 Å². The molecule has 0 bridgehead atoms. The number of hydrogen-bond donors (Lipinski definition) is 0. The van der Waals surface area contributed by atoms with Gasteiger partial charge in [0.15, 0.2) is 0 Å². The Kier molecular flexibility index (Phi) is 4.02. The number of isocyanates is 2. The fourth-order valence-corrected chi connectivity index (χ4v) is 2.02. The summed E-state index contributed by atoms with van der Waals surface area (Å²) in [6, 6.07) is 11.2. The van der Waals surface area contributed by atoms with Crippen molar-refractivity contribution >= 4 is 23.5 Å². The molecule has 4 heteroatoms. The van der Waals surface area contributed by atoms with Gasteiger partial charge in [-0.05, 0) is 60.4 Å². The van der Waals surface area contributed by atoms with Gasteiger partial charge in [-0.1, -0.05) is 12.1 Å². The predicted molar refractivity (Wildman–Crippen MR) is 76.9 cm³/mol. The average Bonchev–Trinajstić information content (AvgIpc) is 2.44. The van der Waals surface area contributed by atoms with Crippen LogP contribution in [-0.4, -0.2) is 12.2 Å². The molecule has 0 radical (unpaired) electrons. The number of carbonyl (C=O) groups excluding carboxylic acids is 2. The van der Waals surface area contributed by atoms with E-state index in [4.69, 9.17) is 0 Å². The normalized spacial score (nSPS) is 9.50. The van der Waals surface area contributed by atoms with Gasteiger partial charge in [0.25, 0.3) is 0 Å². The maximum atomic E-state index is 10.3. The third-order valence-electron chi connectivity index (χ3n) is 3.06. The maximum absolute atomic E-state index is 10.3. The second kappa shape index (κ2) is 5.89. The molecule has 0 amide bonds. The van der Waals surface area contributed by atoms with E-state index < -0.39 is 0 Å². The van der Waals surface area contributed by atoms with Crippen LogP contribution < -0.4 is 0 Å². The molecule has 0 aliphatic heterocycles. The standard InChI is InChI=1S/C16H12N2O2/c1-11-7-13(3-5-15(11)17-9-19)14-4-6-16(18-10-20)12(2)8-14/h3-8H,1-2H3. The molecule has 0 fully saturated rings. The molecule has 20 heavy (non-hydrogen) atoms. The van der Waals surface area contributed by atoms with Crippen molar-refractivity contribution in [2.24, 2.45) is 9.98 Å². The topological polar surface area (TPSA) is 58.9 Å². The number of aliphatic imine (C=N–C) groups is 2. The highest BCUT2D eigenvalue weighted by molar-refractivity contribution is 5.71. The van der Waals surface area contributed by atoms with E-state index in [1.807, 2.05) is 38.1 Å². The van der Waals surface area contributed by atoms with Crippen molar-refractivity contribution in [3.63, 3.8) is 0 Å². The van der Waals surface area contributed by atoms with Gasteiger partial charge in [-0.25, -0.2) is 9.59 Å². The van der Waals surface area contributed by atoms with Crippen molar-refractivity contribution in [2.45, 2.75) is 13.8 Å². The molecule has 2 aromatic rings. The Labute approximate surface area is 116 Å². The Balaban J connectivity index is 2.46. The molecule has 0 atom stereocenters. The molecule has 0 saturated heterocycles. The van der Waals surface area contributed by atoms with Crippen LogP contribution in [0.15, 0.2) is 46.4 Å². The molecule has 0 heterocycles. The van der Waals surface area contributed by atoms with Gasteiger partial charge in [0.05, 0.1) is 11.4 Å². The highest BCUT2D eigenvalue weighted by atomic mass is 16.1. The molecule has 0 aliphatic rings. The average molecular weight is 264 g/mol. The first kappa shape index (κ1) is 13.6. The van der Waals surface area contributed by atoms with E-state index in [2.05, 4.69) is 9.98 Å². The van der Waals surface area contributed by atoms with E-state index in [-0.39, 0.29) is 0 Å². The SMILES string of the molecule is Cc1cc(-c2ccc(N=C=O)c(C)c2)ccc1N=C=O. The summed E-state index contributed by atoms with van der Waals surface area (Å²) in [5.41, 5.74) is 5.05. The van der Waals surface area contributed by atoms with Gasteiger partial charge in [-0.15, -0.1) is 0 Å². The lowest BCUT2D eigenvalue weighted by atomic mass is 10.00. The summed E-state index contributed by atoms with van der Waals surface area (Å²) in [4.78, 5) is 27.9. The van der Waals surface area contributed by atoms with E-state index in [1.54, 1.807) is 24.3 Å². The fourth-order valence-electron chi connectivity index (χ4n) is 2.02. The first-order valence-corrected chi connectivity index (χ1v) is 6.03. The molecule has 0 saturated carbocycles. The van der Waals surface area contributed by atoms with Crippen LogP contribution >= 0.6 is 0 Å². The number of benzene rings is 2. The first-order valence-electron chi connectivity index (χ1n) is 6.03. The van der Waals surface area contributed by atoms with Crippen LogP contribution in [0.25, 0.3) is 11.1 Å². The van der Waals surface area contributed by atoms with Crippen molar-refractivity contribution in [1.82, 2.24) is 0 Å². The highest BCUT2D eigenvalue weighted by Crippen LogP contribution is 2.29. The molecule has 0 N–H and O–H groups in total. The zero-order chi connectivity index (χ0) is 14.5. The van der Waals surface area contributed by atoms with Crippen LogP contribution in [0.1, 0.15) is 11.1 Å². The van der Waals surface area contributed by atoms with E-state index in [0.29, 0.717) is 11.4 Å². The van der Waals surface area contributed by atoms with E-state index in [0.717, 1.165) is 22.3 Å². The Bertz CT molecular complexity index is 688. The molecule has 0 unspecified atom stereocenters. The van der Waals surface area contributed by atoms with Crippen LogP contribution in [0.4, 0.5) is 11.4 Å². The molecule has 98 valence electrons. The smallest absolute Gasteiger partial charge is 0.211 e. The summed E-state index contributed by atoms with van der Waals surface area (Å²) in [5, 5.41) is 0. The quantitative estimate of drug-likeness (QED) is 0.623. The van der Waals surface area contributed by atoms with Crippen LogP contribution in [0, 0.1) is 13.8 Å². The van der Waals surface area contributed by atoms with Gasteiger partial charge < -0.3 is 0 Å². The van der Waals surface area contributed by atoms with Gasteiger partial charge in [-0.3, -0.25) is 0 Å². The third kappa shape index (κ3) is 2.78. The minimum absolute atomic E-state index is 0.614. The van der Waals surface area contributed by atoms with E-state index >= 15 is 0 Å². The molecule has 0 aliphatic carbocycles. The first-order chi connectivity index (χ1) is 9.65. The number of nitrogens with zero attached hydrogens (tertiary/aromatic N) is 2. The Hall–Kier alpha value is -2.80. The van der Waals surface area contributed by atoms with Crippen LogP contribution in [0.3, 0.4) is 0 Å². The molecule has 0 spiro atoms. The van der Waals surface area contributed by atoms with Gasteiger partial charge in [0.2, 0.25) is 12.2 Å². The molecule has 2 rings (SSSR count). The monoisotopic (exact) mass is 264 g/mol. The van der Waals surface area contributed by atoms with Crippen LogP contribution in [-0.2, 0) is 9.59 Å². The summed E-state index contributed by atoms with van der Waals surface area (Å²) < 4.78 is 0. The van der Waals surface area contributed by atoms with E-state index in [9.17, 15) is 9.59 Å². The van der Waals surface area contributed by atoms with Crippen LogP contribution in [0.2, 0.25) is 0 Å². The minimum Gasteiger partial charge on any atom is -0.211 e. The Morgan fingerprint density at radius 2 is 1.15 bits per heavy atom. The lowest BCUT2D eigenvalue weighted by molar-refractivity contribution is 0.564. The Morgan fingerprint density at radius 1 is 0.750 bits per heavy atom. The van der Waals surface area contributed by atoms with E-state index in [1.165, 1.54) is 0 Å². The zero-order valence-corrected chi connectivity index (χ0v) is 11.2. The number of hydrogen-bond acceptors (Lipinski definition) is 4. The maximum Gasteiger partial charge on any atom is 0.240 e. The second-order valence-corrected chi connectivity index (χ2v) is 4.41. The van der Waals surface area contributed by atoms with Gasteiger partial charge >= 0.3 is 0 Å². The third-order valence-corrected chi connectivity index (χ3v) is 3.06. The summed E-state index contributed by atoms with van der Waals surface area (Å²) in [6.45, 7) is 3.77. The van der Waals surface area contributed by atoms with Crippen molar-refractivity contribution in [3.05, 3.63) is 47.5 Å². The summed E-state index contributed by atoms with van der Waals surface area (Å²) >= 11 is 0. The minimum atomic E-state index is 0.614. The van der Waals surface area contributed by atoms with Crippen molar-refractivity contribution in [1.29, 1.82) is 0 Å². The van der Waals surface area contributed by atoms with Crippen molar-refractivity contribution in [2.75, 3.05) is 0 Å². The molecular formula is C16H12N2O2.